The number of benzene rings is 1. The van der Waals surface area contributed by atoms with Crippen molar-refractivity contribution in [3.05, 3.63) is 29.8 Å². The first-order chi connectivity index (χ1) is 9.43. The van der Waals surface area contributed by atoms with Crippen molar-refractivity contribution < 1.29 is 24.5 Å². The summed E-state index contributed by atoms with van der Waals surface area (Å²) in [4.78, 5) is 24.2. The molecule has 0 heterocycles. The maximum absolute atomic E-state index is 12.3. The Balaban J connectivity index is 2.81. The third kappa shape index (κ3) is 4.89. The molecule has 0 saturated heterocycles. The van der Waals surface area contributed by atoms with Gasteiger partial charge in [-0.2, -0.15) is 0 Å². The predicted octanol–water partition coefficient (Wildman–Crippen LogP) is 0.993. The molecule has 6 nitrogen and oxygen atoms in total. The number of rotatable bonds is 7. The average Bonchev–Trinajstić information content (AvgIpc) is 2.42. The topological polar surface area (TPSA) is 87.1 Å². The van der Waals surface area contributed by atoms with Crippen LogP contribution in [0.4, 0.5) is 0 Å². The van der Waals surface area contributed by atoms with Crippen molar-refractivity contribution >= 4 is 11.9 Å². The average molecular weight is 281 g/mol. The Kier molecular flexibility index (Phi) is 5.99. The van der Waals surface area contributed by atoms with Crippen molar-refractivity contribution in [1.82, 2.24) is 4.90 Å². The third-order valence-corrected chi connectivity index (χ3v) is 2.70. The minimum Gasteiger partial charge on any atom is -0.497 e. The molecule has 0 aromatic heterocycles. The van der Waals surface area contributed by atoms with Crippen molar-refractivity contribution in [2.45, 2.75) is 19.4 Å². The van der Waals surface area contributed by atoms with Crippen LogP contribution in [-0.2, 0) is 4.79 Å². The van der Waals surface area contributed by atoms with Crippen LogP contribution in [-0.4, -0.2) is 53.3 Å². The maximum atomic E-state index is 12.3. The van der Waals surface area contributed by atoms with E-state index in [0.29, 0.717) is 11.3 Å². The second kappa shape index (κ2) is 7.49. The van der Waals surface area contributed by atoms with Gasteiger partial charge in [0, 0.05) is 18.7 Å². The molecule has 1 rings (SSSR count). The molecule has 1 amide bonds. The third-order valence-electron chi connectivity index (χ3n) is 2.70. The van der Waals surface area contributed by atoms with Gasteiger partial charge in [-0.05, 0) is 31.2 Å². The van der Waals surface area contributed by atoms with Crippen molar-refractivity contribution in [2.24, 2.45) is 0 Å². The highest BCUT2D eigenvalue weighted by molar-refractivity contribution is 5.94. The lowest BCUT2D eigenvalue weighted by Crippen LogP contribution is -2.38. The highest BCUT2D eigenvalue weighted by atomic mass is 16.5. The molecule has 110 valence electrons. The van der Waals surface area contributed by atoms with E-state index in [1.807, 2.05) is 0 Å². The molecule has 0 spiro atoms. The molecule has 0 saturated carbocycles. The van der Waals surface area contributed by atoms with Crippen LogP contribution in [0.25, 0.3) is 0 Å². The quantitative estimate of drug-likeness (QED) is 0.778. The highest BCUT2D eigenvalue weighted by Crippen LogP contribution is 2.13. The van der Waals surface area contributed by atoms with Crippen LogP contribution in [0.1, 0.15) is 23.7 Å². The summed E-state index contributed by atoms with van der Waals surface area (Å²) >= 11 is 0. The molecule has 1 atom stereocenters. The number of ether oxygens (including phenoxy) is 1. The number of carboxylic acids is 1. The fourth-order valence-corrected chi connectivity index (χ4v) is 1.74. The number of aliphatic carboxylic acids is 1. The lowest BCUT2D eigenvalue weighted by Gasteiger charge is -2.23. The number of carboxylic acid groups (broad SMARTS) is 1. The summed E-state index contributed by atoms with van der Waals surface area (Å²) in [5, 5.41) is 18.1. The van der Waals surface area contributed by atoms with E-state index in [-0.39, 0.29) is 25.4 Å². The van der Waals surface area contributed by atoms with Gasteiger partial charge in [0.05, 0.1) is 19.6 Å². The van der Waals surface area contributed by atoms with E-state index in [1.54, 1.807) is 31.2 Å². The van der Waals surface area contributed by atoms with E-state index in [2.05, 4.69) is 0 Å². The zero-order valence-corrected chi connectivity index (χ0v) is 11.6. The van der Waals surface area contributed by atoms with Crippen LogP contribution in [0.2, 0.25) is 0 Å². The molecule has 0 aliphatic heterocycles. The first-order valence-corrected chi connectivity index (χ1v) is 6.27. The van der Waals surface area contributed by atoms with Crippen molar-refractivity contribution in [1.29, 1.82) is 0 Å². The Morgan fingerprint density at radius 2 is 1.90 bits per heavy atom. The van der Waals surface area contributed by atoms with Crippen LogP contribution in [0.3, 0.4) is 0 Å². The number of nitrogens with zero attached hydrogens (tertiary/aromatic N) is 1. The first kappa shape index (κ1) is 16.0. The Morgan fingerprint density at radius 3 is 2.35 bits per heavy atom. The number of hydrogen-bond donors (Lipinski definition) is 2. The molecule has 1 aromatic carbocycles. The smallest absolute Gasteiger partial charge is 0.305 e. The van der Waals surface area contributed by atoms with Gasteiger partial charge in [0.2, 0.25) is 0 Å². The number of hydrogen-bond acceptors (Lipinski definition) is 4. The van der Waals surface area contributed by atoms with Crippen LogP contribution in [0.5, 0.6) is 5.75 Å². The van der Waals surface area contributed by atoms with Gasteiger partial charge in [-0.1, -0.05) is 0 Å². The van der Waals surface area contributed by atoms with Gasteiger partial charge in [0.25, 0.3) is 5.91 Å². The SMILES string of the molecule is COc1ccc(C(=O)N(CCC(=O)O)CC(C)O)cc1. The van der Waals surface area contributed by atoms with Gasteiger partial charge >= 0.3 is 5.97 Å². The summed E-state index contributed by atoms with van der Waals surface area (Å²) in [7, 11) is 1.53. The van der Waals surface area contributed by atoms with Crippen LogP contribution < -0.4 is 4.74 Å². The molecule has 2 N–H and O–H groups in total. The monoisotopic (exact) mass is 281 g/mol. The van der Waals surface area contributed by atoms with E-state index in [0.717, 1.165) is 0 Å². The predicted molar refractivity (Wildman–Crippen MR) is 72.8 cm³/mol. The van der Waals surface area contributed by atoms with Gasteiger partial charge in [0.15, 0.2) is 0 Å². The van der Waals surface area contributed by atoms with Crippen molar-refractivity contribution in [3.8, 4) is 5.75 Å². The molecule has 0 fully saturated rings. The van der Waals surface area contributed by atoms with Crippen molar-refractivity contribution in [2.75, 3.05) is 20.2 Å². The zero-order chi connectivity index (χ0) is 15.1. The zero-order valence-electron chi connectivity index (χ0n) is 11.6. The summed E-state index contributed by atoms with van der Waals surface area (Å²) in [5.41, 5.74) is 0.428. The Bertz CT molecular complexity index is 455. The normalized spacial score (nSPS) is 11.8. The number of amides is 1. The fraction of sp³-hybridized carbons (Fsp3) is 0.429. The van der Waals surface area contributed by atoms with E-state index in [4.69, 9.17) is 9.84 Å². The molecule has 0 bridgehead atoms. The van der Waals surface area contributed by atoms with E-state index in [1.165, 1.54) is 12.0 Å². The highest BCUT2D eigenvalue weighted by Gasteiger charge is 2.18. The molecular weight excluding hydrogens is 262 g/mol. The lowest BCUT2D eigenvalue weighted by atomic mass is 10.1. The molecular formula is C14H19NO5. The number of methoxy groups -OCH3 is 1. The van der Waals surface area contributed by atoms with Gasteiger partial charge < -0.3 is 19.8 Å². The Hall–Kier alpha value is -2.08. The van der Waals surface area contributed by atoms with E-state index < -0.39 is 12.1 Å². The molecule has 1 unspecified atom stereocenters. The minimum atomic E-state index is -0.983. The molecule has 20 heavy (non-hydrogen) atoms. The molecule has 0 aliphatic rings. The Morgan fingerprint density at radius 1 is 1.30 bits per heavy atom. The lowest BCUT2D eigenvalue weighted by molar-refractivity contribution is -0.137. The summed E-state index contributed by atoms with van der Waals surface area (Å²) in [6.07, 6.45) is -0.875. The summed E-state index contributed by atoms with van der Waals surface area (Å²) in [5.74, 6) is -0.660. The first-order valence-electron chi connectivity index (χ1n) is 6.27. The second-order valence-electron chi connectivity index (χ2n) is 4.47. The largest absolute Gasteiger partial charge is 0.497 e. The minimum absolute atomic E-state index is 0.0606. The number of aliphatic hydroxyl groups excluding tert-OH is 1. The fourth-order valence-electron chi connectivity index (χ4n) is 1.74. The summed E-state index contributed by atoms with van der Waals surface area (Å²) in [6, 6.07) is 6.53. The van der Waals surface area contributed by atoms with Gasteiger partial charge in [-0.15, -0.1) is 0 Å². The van der Waals surface area contributed by atoms with Crippen molar-refractivity contribution in [3.63, 3.8) is 0 Å². The number of carbonyl (C=O) groups is 2. The van der Waals surface area contributed by atoms with Crippen LogP contribution in [0.15, 0.2) is 24.3 Å². The van der Waals surface area contributed by atoms with Gasteiger partial charge in [-0.25, -0.2) is 0 Å². The van der Waals surface area contributed by atoms with Crippen LogP contribution >= 0.6 is 0 Å². The Labute approximate surface area is 117 Å². The second-order valence-corrected chi connectivity index (χ2v) is 4.47. The van der Waals surface area contributed by atoms with Gasteiger partial charge in [-0.3, -0.25) is 9.59 Å². The van der Waals surface area contributed by atoms with Crippen LogP contribution in [0, 0.1) is 0 Å². The van der Waals surface area contributed by atoms with E-state index in [9.17, 15) is 14.7 Å². The van der Waals surface area contributed by atoms with E-state index >= 15 is 0 Å². The summed E-state index contributed by atoms with van der Waals surface area (Å²) in [6.45, 7) is 1.71. The molecule has 0 aliphatic carbocycles. The molecule has 1 aromatic rings. The maximum Gasteiger partial charge on any atom is 0.305 e. The standard InChI is InChI=1S/C14H19NO5/c1-10(16)9-15(8-7-13(17)18)14(19)11-3-5-12(20-2)6-4-11/h3-6,10,16H,7-9H2,1-2H3,(H,17,18). The summed E-state index contributed by atoms with van der Waals surface area (Å²) < 4.78 is 5.01. The number of aliphatic hydroxyl groups is 1. The van der Waals surface area contributed by atoms with Gasteiger partial charge in [0.1, 0.15) is 5.75 Å². The molecule has 6 heteroatoms. The number of carbonyl (C=O) groups excluding carboxylic acids is 1. The molecule has 0 radical (unpaired) electrons.